The van der Waals surface area contributed by atoms with E-state index in [1.54, 1.807) is 6.92 Å². The van der Waals surface area contributed by atoms with Crippen molar-refractivity contribution >= 4 is 11.4 Å². The largest absolute Gasteiger partial charge is 0.389 e. The third-order valence-electron chi connectivity index (χ3n) is 3.09. The van der Waals surface area contributed by atoms with E-state index in [1.165, 1.54) is 12.1 Å². The fourth-order valence-electron chi connectivity index (χ4n) is 2.08. The highest BCUT2D eigenvalue weighted by Gasteiger charge is 2.21. The molecule has 0 saturated carbocycles. The van der Waals surface area contributed by atoms with Crippen LogP contribution >= 0.6 is 0 Å². The zero-order valence-corrected chi connectivity index (χ0v) is 12.0. The van der Waals surface area contributed by atoms with Gasteiger partial charge in [-0.15, -0.1) is 0 Å². The Morgan fingerprint density at radius 3 is 2.48 bits per heavy atom. The number of aliphatic hydroxyl groups is 1. The molecule has 1 aromatic carbocycles. The van der Waals surface area contributed by atoms with Crippen molar-refractivity contribution in [2.75, 3.05) is 6.54 Å². The third kappa shape index (κ3) is 5.09. The summed E-state index contributed by atoms with van der Waals surface area (Å²) >= 11 is 0. The Balaban J connectivity index is 2.79. The molecule has 8 nitrogen and oxygen atoms in total. The van der Waals surface area contributed by atoms with Crippen LogP contribution in [-0.2, 0) is 6.54 Å². The maximum absolute atomic E-state index is 11.0. The third-order valence-corrected chi connectivity index (χ3v) is 3.09. The normalized spacial score (nSPS) is 13.7. The van der Waals surface area contributed by atoms with E-state index in [2.05, 4.69) is 5.32 Å². The van der Waals surface area contributed by atoms with Crippen LogP contribution in [0.15, 0.2) is 18.2 Å². The Morgan fingerprint density at radius 2 is 1.95 bits per heavy atom. The van der Waals surface area contributed by atoms with Crippen molar-refractivity contribution in [1.29, 1.82) is 0 Å². The van der Waals surface area contributed by atoms with Gasteiger partial charge in [0.15, 0.2) is 0 Å². The van der Waals surface area contributed by atoms with Gasteiger partial charge in [-0.25, -0.2) is 0 Å². The van der Waals surface area contributed by atoms with Gasteiger partial charge in [0.2, 0.25) is 0 Å². The number of hydrogen-bond acceptors (Lipinski definition) is 6. The molecule has 0 aromatic heterocycles. The molecule has 0 spiro atoms. The average Bonchev–Trinajstić information content (AvgIpc) is 2.38. The fraction of sp³-hybridized carbons (Fsp3) is 0.538. The van der Waals surface area contributed by atoms with Crippen molar-refractivity contribution in [3.05, 3.63) is 44.0 Å². The first-order valence-corrected chi connectivity index (χ1v) is 6.61. The summed E-state index contributed by atoms with van der Waals surface area (Å²) in [6.45, 7) is 4.09. The van der Waals surface area contributed by atoms with E-state index < -0.39 is 15.4 Å². The molecule has 0 aliphatic rings. The second kappa shape index (κ2) is 7.09. The maximum atomic E-state index is 11.0. The van der Waals surface area contributed by atoms with Crippen LogP contribution in [0.2, 0.25) is 0 Å². The Hall–Kier alpha value is -2.06. The SMILES string of the molecule is CCCC(C)(O)CNCc1ccc([N+](=O)[O-])cc1[N+](=O)[O-]. The summed E-state index contributed by atoms with van der Waals surface area (Å²) in [6.07, 6.45) is 1.44. The Labute approximate surface area is 122 Å². The molecular weight excluding hydrogens is 278 g/mol. The van der Waals surface area contributed by atoms with Gasteiger partial charge in [-0.2, -0.15) is 0 Å². The van der Waals surface area contributed by atoms with Gasteiger partial charge in [-0.1, -0.05) is 13.3 Å². The van der Waals surface area contributed by atoms with Crippen LogP contribution in [0.4, 0.5) is 11.4 Å². The summed E-state index contributed by atoms with van der Waals surface area (Å²) in [4.78, 5) is 20.3. The standard InChI is InChI=1S/C13H19N3O5/c1-3-6-13(2,17)9-14-8-10-4-5-11(15(18)19)7-12(10)16(20)21/h4-5,7,14,17H,3,6,8-9H2,1-2H3. The quantitative estimate of drug-likeness (QED) is 0.560. The molecule has 0 radical (unpaired) electrons. The molecule has 0 aliphatic carbocycles. The Morgan fingerprint density at radius 1 is 1.29 bits per heavy atom. The van der Waals surface area contributed by atoms with Crippen LogP contribution in [0.1, 0.15) is 32.3 Å². The zero-order valence-electron chi connectivity index (χ0n) is 12.0. The van der Waals surface area contributed by atoms with Crippen LogP contribution in [0, 0.1) is 20.2 Å². The smallest absolute Gasteiger partial charge is 0.280 e. The van der Waals surface area contributed by atoms with Crippen LogP contribution < -0.4 is 5.32 Å². The van der Waals surface area contributed by atoms with E-state index in [0.29, 0.717) is 12.0 Å². The number of nitro groups is 2. The Bertz CT molecular complexity index is 531. The molecule has 1 atom stereocenters. The van der Waals surface area contributed by atoms with E-state index in [0.717, 1.165) is 12.5 Å². The van der Waals surface area contributed by atoms with Crippen molar-refractivity contribution in [3.8, 4) is 0 Å². The second-order valence-electron chi connectivity index (χ2n) is 5.18. The van der Waals surface area contributed by atoms with Crippen LogP contribution in [-0.4, -0.2) is 27.1 Å². The van der Waals surface area contributed by atoms with E-state index in [9.17, 15) is 25.3 Å². The first kappa shape index (κ1) is 17.0. The molecule has 1 rings (SSSR count). The number of nitrogens with one attached hydrogen (secondary N) is 1. The van der Waals surface area contributed by atoms with Crippen LogP contribution in [0.3, 0.4) is 0 Å². The predicted molar refractivity (Wildman–Crippen MR) is 77.0 cm³/mol. The first-order chi connectivity index (χ1) is 9.76. The minimum atomic E-state index is -0.885. The molecule has 2 N–H and O–H groups in total. The second-order valence-corrected chi connectivity index (χ2v) is 5.18. The monoisotopic (exact) mass is 297 g/mol. The summed E-state index contributed by atoms with van der Waals surface area (Å²) in [7, 11) is 0. The van der Waals surface area contributed by atoms with Crippen molar-refractivity contribution in [2.45, 2.75) is 38.8 Å². The number of rotatable bonds is 8. The maximum Gasteiger partial charge on any atom is 0.280 e. The average molecular weight is 297 g/mol. The van der Waals surface area contributed by atoms with Crippen molar-refractivity contribution in [1.82, 2.24) is 5.32 Å². The lowest BCUT2D eigenvalue weighted by Crippen LogP contribution is -2.37. The lowest BCUT2D eigenvalue weighted by Gasteiger charge is -2.23. The molecule has 21 heavy (non-hydrogen) atoms. The van der Waals surface area contributed by atoms with E-state index in [-0.39, 0.29) is 24.5 Å². The predicted octanol–water partition coefficient (Wildman–Crippen LogP) is 2.14. The molecule has 0 fully saturated rings. The van der Waals surface area contributed by atoms with Crippen molar-refractivity contribution in [3.63, 3.8) is 0 Å². The Kier molecular flexibility index (Phi) is 5.74. The molecule has 0 amide bonds. The number of benzene rings is 1. The van der Waals surface area contributed by atoms with Gasteiger partial charge < -0.3 is 10.4 Å². The molecular formula is C13H19N3O5. The van der Waals surface area contributed by atoms with E-state index in [1.807, 2.05) is 6.92 Å². The van der Waals surface area contributed by atoms with Gasteiger partial charge in [0.1, 0.15) is 0 Å². The number of non-ortho nitro benzene ring substituents is 1. The molecule has 1 unspecified atom stereocenters. The number of hydrogen-bond donors (Lipinski definition) is 2. The van der Waals surface area contributed by atoms with E-state index >= 15 is 0 Å². The summed E-state index contributed by atoms with van der Waals surface area (Å²) in [5.41, 5.74) is -1.15. The van der Waals surface area contributed by atoms with Gasteiger partial charge in [0.05, 0.1) is 21.5 Å². The summed E-state index contributed by atoms with van der Waals surface area (Å²) < 4.78 is 0. The lowest BCUT2D eigenvalue weighted by atomic mass is 10.0. The molecule has 0 saturated heterocycles. The summed E-state index contributed by atoms with van der Waals surface area (Å²) in [5, 5.41) is 34.6. The topological polar surface area (TPSA) is 119 Å². The first-order valence-electron chi connectivity index (χ1n) is 6.61. The molecule has 1 aromatic rings. The van der Waals surface area contributed by atoms with Crippen LogP contribution in [0.5, 0.6) is 0 Å². The molecule has 0 aliphatic heterocycles. The highest BCUT2D eigenvalue weighted by Crippen LogP contribution is 2.24. The molecule has 8 heteroatoms. The molecule has 116 valence electrons. The van der Waals surface area contributed by atoms with Crippen molar-refractivity contribution < 1.29 is 15.0 Å². The highest BCUT2D eigenvalue weighted by molar-refractivity contribution is 5.49. The minimum Gasteiger partial charge on any atom is -0.389 e. The molecule has 0 bridgehead atoms. The zero-order chi connectivity index (χ0) is 16.0. The summed E-state index contributed by atoms with van der Waals surface area (Å²) in [5.74, 6) is 0. The number of nitro benzene ring substituents is 2. The summed E-state index contributed by atoms with van der Waals surface area (Å²) in [6, 6.07) is 3.53. The van der Waals surface area contributed by atoms with Gasteiger partial charge in [0.25, 0.3) is 11.4 Å². The van der Waals surface area contributed by atoms with Gasteiger partial charge in [-0.3, -0.25) is 20.2 Å². The minimum absolute atomic E-state index is 0.161. The highest BCUT2D eigenvalue weighted by atomic mass is 16.6. The van der Waals surface area contributed by atoms with Gasteiger partial charge in [-0.05, 0) is 19.4 Å². The van der Waals surface area contributed by atoms with Gasteiger partial charge >= 0.3 is 0 Å². The van der Waals surface area contributed by atoms with E-state index in [4.69, 9.17) is 0 Å². The fourth-order valence-corrected chi connectivity index (χ4v) is 2.08. The lowest BCUT2D eigenvalue weighted by molar-refractivity contribution is -0.394. The molecule has 0 heterocycles. The number of nitrogens with zero attached hydrogens (tertiary/aromatic N) is 2. The van der Waals surface area contributed by atoms with Crippen LogP contribution in [0.25, 0.3) is 0 Å². The van der Waals surface area contributed by atoms with Crippen molar-refractivity contribution in [2.24, 2.45) is 0 Å². The van der Waals surface area contributed by atoms with Gasteiger partial charge in [0, 0.05) is 24.7 Å².